The number of benzene rings is 2. The van der Waals surface area contributed by atoms with Crippen LogP contribution in [-0.4, -0.2) is 6.79 Å². The molecule has 0 aromatic heterocycles. The lowest BCUT2D eigenvalue weighted by atomic mass is 9.83. The lowest BCUT2D eigenvalue weighted by Crippen LogP contribution is -2.09. The molecule has 3 aliphatic rings. The van der Waals surface area contributed by atoms with Gasteiger partial charge < -0.3 is 9.47 Å². The first-order valence-electron chi connectivity index (χ1n) is 8.89. The maximum absolute atomic E-state index is 5.62. The molecular weight excluding hydrogens is 308 g/mol. The first-order valence-corrected chi connectivity index (χ1v) is 8.89. The van der Waals surface area contributed by atoms with Gasteiger partial charge in [0.05, 0.1) is 0 Å². The van der Waals surface area contributed by atoms with Gasteiger partial charge in [-0.3, -0.25) is 0 Å². The average molecular weight is 328 g/mol. The molecule has 1 heterocycles. The topological polar surface area (TPSA) is 18.5 Å². The van der Waals surface area contributed by atoms with E-state index in [-0.39, 0.29) is 0 Å². The molecule has 1 saturated carbocycles. The lowest BCUT2D eigenvalue weighted by molar-refractivity contribution is 0.174. The van der Waals surface area contributed by atoms with Crippen molar-refractivity contribution in [2.45, 2.75) is 32.1 Å². The van der Waals surface area contributed by atoms with Crippen LogP contribution >= 0.6 is 0 Å². The van der Waals surface area contributed by atoms with E-state index in [0.29, 0.717) is 24.5 Å². The van der Waals surface area contributed by atoms with E-state index in [1.807, 2.05) is 18.2 Å². The molecular formula is C23H20O2. The minimum atomic E-state index is 0.334. The molecule has 2 aliphatic carbocycles. The van der Waals surface area contributed by atoms with Gasteiger partial charge in [0.15, 0.2) is 11.5 Å². The van der Waals surface area contributed by atoms with Crippen LogP contribution in [0.1, 0.15) is 48.8 Å². The normalized spacial score (nSPS) is 24.7. The zero-order chi connectivity index (χ0) is 17.0. The van der Waals surface area contributed by atoms with Crippen molar-refractivity contribution in [3.8, 4) is 23.3 Å². The highest BCUT2D eigenvalue weighted by atomic mass is 16.7. The number of ether oxygens (including phenoxy) is 2. The van der Waals surface area contributed by atoms with Gasteiger partial charge in [0.2, 0.25) is 6.79 Å². The zero-order valence-electron chi connectivity index (χ0n) is 14.5. The highest BCUT2D eigenvalue weighted by molar-refractivity contribution is 5.62. The average Bonchev–Trinajstić information content (AvgIpc) is 3.30. The fourth-order valence-electron chi connectivity index (χ4n) is 4.67. The molecule has 25 heavy (non-hydrogen) atoms. The monoisotopic (exact) mass is 328 g/mol. The van der Waals surface area contributed by atoms with Gasteiger partial charge in [0.25, 0.3) is 0 Å². The summed E-state index contributed by atoms with van der Waals surface area (Å²) in [7, 11) is 0. The Labute approximate surface area is 148 Å². The van der Waals surface area contributed by atoms with Gasteiger partial charge in [-0.25, -0.2) is 0 Å². The highest BCUT2D eigenvalue weighted by Gasteiger charge is 2.48. The molecule has 3 unspecified atom stereocenters. The van der Waals surface area contributed by atoms with Gasteiger partial charge in [-0.15, -0.1) is 0 Å². The standard InChI is InChI=1S/C23H20O2/c1-14(2)22-18-10-16(9-8-15-6-4-3-5-7-15)23(22)19-12-21-20(11-17(18)19)24-13-25-21/h3-7,11-12,16,18,23H,10,13H2,1-2H3. The van der Waals surface area contributed by atoms with Crippen LogP contribution in [0.25, 0.3) is 0 Å². The second kappa shape index (κ2) is 5.43. The summed E-state index contributed by atoms with van der Waals surface area (Å²) in [5, 5.41) is 0. The minimum absolute atomic E-state index is 0.334. The Hall–Kier alpha value is -2.66. The van der Waals surface area contributed by atoms with Crippen LogP contribution in [0.4, 0.5) is 0 Å². The van der Waals surface area contributed by atoms with Gasteiger partial charge >= 0.3 is 0 Å². The summed E-state index contributed by atoms with van der Waals surface area (Å²) in [5.41, 5.74) is 6.89. The summed E-state index contributed by atoms with van der Waals surface area (Å²) in [4.78, 5) is 0. The fraction of sp³-hybridized carbons (Fsp3) is 0.304. The third kappa shape index (κ3) is 2.19. The van der Waals surface area contributed by atoms with Crippen LogP contribution in [0.5, 0.6) is 11.5 Å². The van der Waals surface area contributed by atoms with Crippen molar-refractivity contribution < 1.29 is 9.47 Å². The highest BCUT2D eigenvalue weighted by Crippen LogP contribution is 2.62. The van der Waals surface area contributed by atoms with E-state index < -0.39 is 0 Å². The number of rotatable bonds is 0. The molecule has 1 aliphatic heterocycles. The summed E-state index contributed by atoms with van der Waals surface area (Å²) < 4.78 is 11.2. The largest absolute Gasteiger partial charge is 0.454 e. The van der Waals surface area contributed by atoms with Gasteiger partial charge in [-0.05, 0) is 55.7 Å². The molecule has 2 bridgehead atoms. The van der Waals surface area contributed by atoms with E-state index in [0.717, 1.165) is 23.5 Å². The Kier molecular flexibility index (Phi) is 3.18. The second-order valence-electron chi connectivity index (χ2n) is 7.30. The maximum atomic E-state index is 5.62. The molecule has 0 N–H and O–H groups in total. The Bertz CT molecular complexity index is 939. The molecule has 2 heteroatoms. The first-order chi connectivity index (χ1) is 12.2. The van der Waals surface area contributed by atoms with Gasteiger partial charge in [-0.2, -0.15) is 0 Å². The Morgan fingerprint density at radius 3 is 2.44 bits per heavy atom. The number of hydrogen-bond donors (Lipinski definition) is 0. The van der Waals surface area contributed by atoms with Crippen LogP contribution in [0, 0.1) is 17.8 Å². The molecule has 2 aromatic carbocycles. The van der Waals surface area contributed by atoms with Gasteiger partial charge in [0, 0.05) is 23.3 Å². The predicted molar refractivity (Wildman–Crippen MR) is 97.8 cm³/mol. The van der Waals surface area contributed by atoms with E-state index in [2.05, 4.69) is 50.0 Å². The molecule has 0 amide bonds. The van der Waals surface area contributed by atoms with Crippen molar-refractivity contribution in [2.75, 3.05) is 6.79 Å². The van der Waals surface area contributed by atoms with Gasteiger partial charge in [-0.1, -0.05) is 41.2 Å². The van der Waals surface area contributed by atoms with E-state index >= 15 is 0 Å². The van der Waals surface area contributed by atoms with Crippen molar-refractivity contribution in [2.24, 2.45) is 5.92 Å². The van der Waals surface area contributed by atoms with Gasteiger partial charge in [0.1, 0.15) is 0 Å². The summed E-state index contributed by atoms with van der Waals surface area (Å²) in [6, 6.07) is 14.7. The molecule has 1 fully saturated rings. The molecule has 0 radical (unpaired) electrons. The summed E-state index contributed by atoms with van der Waals surface area (Å²) in [6.07, 6.45) is 1.11. The van der Waals surface area contributed by atoms with E-state index in [4.69, 9.17) is 9.47 Å². The quantitative estimate of drug-likeness (QED) is 0.500. The van der Waals surface area contributed by atoms with Crippen molar-refractivity contribution in [1.82, 2.24) is 0 Å². The fourth-order valence-corrected chi connectivity index (χ4v) is 4.67. The lowest BCUT2D eigenvalue weighted by Gasteiger charge is -2.20. The molecule has 124 valence electrons. The Balaban J connectivity index is 1.58. The van der Waals surface area contributed by atoms with E-state index in [9.17, 15) is 0 Å². The van der Waals surface area contributed by atoms with Crippen LogP contribution in [0.2, 0.25) is 0 Å². The molecule has 0 saturated heterocycles. The molecule has 5 rings (SSSR count). The minimum Gasteiger partial charge on any atom is -0.454 e. The predicted octanol–water partition coefficient (Wildman–Crippen LogP) is 5.00. The van der Waals surface area contributed by atoms with Crippen molar-refractivity contribution in [3.05, 3.63) is 70.3 Å². The van der Waals surface area contributed by atoms with Crippen LogP contribution < -0.4 is 9.47 Å². The third-order valence-electron chi connectivity index (χ3n) is 5.64. The Morgan fingerprint density at radius 2 is 1.72 bits per heavy atom. The molecule has 2 aromatic rings. The van der Waals surface area contributed by atoms with Crippen molar-refractivity contribution in [3.63, 3.8) is 0 Å². The van der Waals surface area contributed by atoms with Crippen LogP contribution in [0.15, 0.2) is 53.6 Å². The van der Waals surface area contributed by atoms with Crippen molar-refractivity contribution >= 4 is 0 Å². The second-order valence-corrected chi connectivity index (χ2v) is 7.30. The Morgan fingerprint density at radius 1 is 1.00 bits per heavy atom. The van der Waals surface area contributed by atoms with E-state index in [1.165, 1.54) is 16.7 Å². The first kappa shape index (κ1) is 14.7. The van der Waals surface area contributed by atoms with Crippen LogP contribution in [-0.2, 0) is 0 Å². The molecule has 0 spiro atoms. The molecule has 2 nitrogen and oxygen atoms in total. The maximum Gasteiger partial charge on any atom is 0.231 e. The SMILES string of the molecule is CC(C)=C1C2CC(C#Cc3ccccc3)C1c1cc3c(cc12)OCO3. The van der Waals surface area contributed by atoms with E-state index in [1.54, 1.807) is 5.57 Å². The summed E-state index contributed by atoms with van der Waals surface area (Å²) >= 11 is 0. The zero-order valence-corrected chi connectivity index (χ0v) is 14.5. The number of hydrogen-bond acceptors (Lipinski definition) is 2. The smallest absolute Gasteiger partial charge is 0.231 e. The van der Waals surface area contributed by atoms with Crippen molar-refractivity contribution in [1.29, 1.82) is 0 Å². The summed E-state index contributed by atoms with van der Waals surface area (Å²) in [5.74, 6) is 9.99. The third-order valence-corrected chi connectivity index (χ3v) is 5.64. The van der Waals surface area contributed by atoms with Crippen LogP contribution in [0.3, 0.4) is 0 Å². The number of fused-ring (bicyclic) bond motifs is 6. The number of allylic oxidation sites excluding steroid dienone is 2. The molecule has 3 atom stereocenters. The summed E-state index contributed by atoms with van der Waals surface area (Å²) in [6.45, 7) is 4.80.